The van der Waals surface area contributed by atoms with Gasteiger partial charge in [0.2, 0.25) is 10.0 Å². The summed E-state index contributed by atoms with van der Waals surface area (Å²) in [5.41, 5.74) is 1.44. The lowest BCUT2D eigenvalue weighted by atomic mass is 10.2. The molecule has 0 aliphatic heterocycles. The van der Waals surface area contributed by atoms with E-state index in [1.54, 1.807) is 31.3 Å². The van der Waals surface area contributed by atoms with E-state index in [1.165, 1.54) is 13.0 Å². The second kappa shape index (κ2) is 6.70. The van der Waals surface area contributed by atoms with E-state index in [0.717, 1.165) is 10.9 Å². The minimum absolute atomic E-state index is 0.141. The van der Waals surface area contributed by atoms with Crippen molar-refractivity contribution in [2.45, 2.75) is 24.8 Å². The van der Waals surface area contributed by atoms with E-state index < -0.39 is 22.0 Å². The molecule has 0 spiro atoms. The van der Waals surface area contributed by atoms with Crippen LogP contribution in [0.4, 0.5) is 0 Å². The predicted octanol–water partition coefficient (Wildman–Crippen LogP) is 2.75. The van der Waals surface area contributed by atoms with Gasteiger partial charge in [-0.15, -0.1) is 0 Å². The van der Waals surface area contributed by atoms with Crippen molar-refractivity contribution in [1.82, 2.24) is 9.71 Å². The van der Waals surface area contributed by atoms with Crippen LogP contribution in [-0.4, -0.2) is 25.4 Å². The highest BCUT2D eigenvalue weighted by atomic mass is 32.2. The topological polar surface area (TPSA) is 88.3 Å². The van der Waals surface area contributed by atoms with Crippen molar-refractivity contribution in [2.75, 3.05) is 0 Å². The number of aromatic amines is 1. The number of carbonyl (C=O) groups excluding carboxylic acids is 1. The average molecular weight is 358 g/mol. The van der Waals surface area contributed by atoms with Gasteiger partial charge in [-0.1, -0.05) is 30.3 Å². The van der Waals surface area contributed by atoms with Gasteiger partial charge in [-0.3, -0.25) is 0 Å². The molecule has 2 aromatic carbocycles. The van der Waals surface area contributed by atoms with Crippen LogP contribution in [0.15, 0.2) is 59.6 Å². The van der Waals surface area contributed by atoms with Crippen molar-refractivity contribution >= 4 is 26.9 Å². The van der Waals surface area contributed by atoms with Gasteiger partial charge in [0.25, 0.3) is 0 Å². The molecule has 1 aromatic heterocycles. The third kappa shape index (κ3) is 3.57. The minimum atomic E-state index is -3.82. The summed E-state index contributed by atoms with van der Waals surface area (Å²) in [5, 5.41) is 0.754. The summed E-state index contributed by atoms with van der Waals surface area (Å²) in [5.74, 6) is -0.315. The van der Waals surface area contributed by atoms with Crippen LogP contribution in [0.1, 0.15) is 12.5 Å². The van der Waals surface area contributed by atoms with E-state index in [-0.39, 0.29) is 4.90 Å². The first-order valence-electron chi connectivity index (χ1n) is 7.74. The van der Waals surface area contributed by atoms with Crippen molar-refractivity contribution in [2.24, 2.45) is 0 Å². The first-order valence-corrected chi connectivity index (χ1v) is 9.22. The van der Waals surface area contributed by atoms with Crippen molar-refractivity contribution < 1.29 is 17.9 Å². The van der Waals surface area contributed by atoms with E-state index in [0.29, 0.717) is 11.3 Å². The lowest BCUT2D eigenvalue weighted by Gasteiger charge is -2.14. The second-order valence-electron chi connectivity index (χ2n) is 5.73. The van der Waals surface area contributed by atoms with Crippen LogP contribution in [0.2, 0.25) is 0 Å². The fourth-order valence-electron chi connectivity index (χ4n) is 2.53. The molecule has 130 valence electrons. The summed E-state index contributed by atoms with van der Waals surface area (Å²) in [7, 11) is -3.82. The van der Waals surface area contributed by atoms with Crippen molar-refractivity contribution in [3.8, 4) is 5.75 Å². The molecule has 0 saturated carbocycles. The Balaban J connectivity index is 1.76. The molecule has 1 heterocycles. The largest absolute Gasteiger partial charge is 0.423 e. The Morgan fingerprint density at radius 3 is 2.56 bits per heavy atom. The van der Waals surface area contributed by atoms with Crippen LogP contribution in [0.25, 0.3) is 10.9 Å². The maximum atomic E-state index is 12.5. The third-order valence-electron chi connectivity index (χ3n) is 3.83. The Labute approximate surface area is 145 Å². The Hall–Kier alpha value is -2.64. The number of hydrogen-bond donors (Lipinski definition) is 2. The van der Waals surface area contributed by atoms with Gasteiger partial charge in [0.1, 0.15) is 6.04 Å². The third-order valence-corrected chi connectivity index (χ3v) is 5.53. The van der Waals surface area contributed by atoms with E-state index in [1.807, 2.05) is 24.3 Å². The summed E-state index contributed by atoms with van der Waals surface area (Å²) in [6.45, 7) is 3.15. The number of fused-ring (bicyclic) bond motifs is 1. The SMILES string of the molecule is Cc1ccccc1S(=O)(=O)N[C@@H](C)C(=O)Oc1c[nH]c2ccccc12. The number of hydrogen-bond acceptors (Lipinski definition) is 4. The van der Waals surface area contributed by atoms with Crippen LogP contribution in [0, 0.1) is 6.92 Å². The number of benzene rings is 2. The number of sulfonamides is 1. The zero-order valence-electron chi connectivity index (χ0n) is 13.8. The van der Waals surface area contributed by atoms with Gasteiger partial charge in [-0.25, -0.2) is 13.2 Å². The first kappa shape index (κ1) is 17.2. The summed E-state index contributed by atoms with van der Waals surface area (Å²) in [4.78, 5) is 15.4. The van der Waals surface area contributed by atoms with Crippen molar-refractivity contribution in [3.05, 3.63) is 60.3 Å². The van der Waals surface area contributed by atoms with Gasteiger partial charge < -0.3 is 9.72 Å². The normalized spacial score (nSPS) is 12.9. The highest BCUT2D eigenvalue weighted by Gasteiger charge is 2.25. The smallest absolute Gasteiger partial charge is 0.329 e. The Morgan fingerprint density at radius 2 is 1.80 bits per heavy atom. The zero-order valence-corrected chi connectivity index (χ0v) is 14.6. The minimum Gasteiger partial charge on any atom is -0.423 e. The molecule has 6 nitrogen and oxygen atoms in total. The van der Waals surface area contributed by atoms with Gasteiger partial charge in [0, 0.05) is 17.1 Å². The summed E-state index contributed by atoms with van der Waals surface area (Å²) in [6.07, 6.45) is 1.57. The molecule has 1 atom stereocenters. The molecule has 7 heteroatoms. The van der Waals surface area contributed by atoms with Crippen LogP contribution in [-0.2, 0) is 14.8 Å². The van der Waals surface area contributed by atoms with Crippen LogP contribution < -0.4 is 9.46 Å². The molecule has 2 N–H and O–H groups in total. The maximum Gasteiger partial charge on any atom is 0.329 e. The second-order valence-corrected chi connectivity index (χ2v) is 7.41. The van der Waals surface area contributed by atoms with Gasteiger partial charge in [-0.05, 0) is 37.6 Å². The zero-order chi connectivity index (χ0) is 18.0. The molecule has 0 radical (unpaired) electrons. The van der Waals surface area contributed by atoms with Crippen molar-refractivity contribution in [3.63, 3.8) is 0 Å². The van der Waals surface area contributed by atoms with Crippen LogP contribution in [0.5, 0.6) is 5.75 Å². The van der Waals surface area contributed by atoms with Gasteiger partial charge >= 0.3 is 5.97 Å². The first-order chi connectivity index (χ1) is 11.9. The average Bonchev–Trinajstić information content (AvgIpc) is 2.98. The Morgan fingerprint density at radius 1 is 1.12 bits per heavy atom. The number of nitrogens with one attached hydrogen (secondary N) is 2. The molecule has 0 aliphatic rings. The quantitative estimate of drug-likeness (QED) is 0.687. The van der Waals surface area contributed by atoms with Gasteiger partial charge in [0.15, 0.2) is 5.75 Å². The number of carbonyl (C=O) groups is 1. The number of ether oxygens (including phenoxy) is 1. The van der Waals surface area contributed by atoms with Crippen molar-refractivity contribution in [1.29, 1.82) is 0 Å². The molecule has 25 heavy (non-hydrogen) atoms. The molecule has 0 fully saturated rings. The molecule has 0 bridgehead atoms. The number of para-hydroxylation sites is 1. The molecular formula is C18H18N2O4S. The van der Waals surface area contributed by atoms with E-state index in [2.05, 4.69) is 9.71 Å². The fraction of sp³-hybridized carbons (Fsp3) is 0.167. The van der Waals surface area contributed by atoms with E-state index in [4.69, 9.17) is 4.74 Å². The van der Waals surface area contributed by atoms with Crippen LogP contribution in [0.3, 0.4) is 0 Å². The predicted molar refractivity (Wildman–Crippen MR) is 94.9 cm³/mol. The molecule has 0 unspecified atom stereocenters. The molecule has 3 aromatic rings. The Kier molecular flexibility index (Phi) is 4.61. The van der Waals surface area contributed by atoms with Crippen LogP contribution >= 0.6 is 0 Å². The maximum absolute atomic E-state index is 12.5. The molecule has 0 aliphatic carbocycles. The number of esters is 1. The molecule has 0 amide bonds. The van der Waals surface area contributed by atoms with E-state index in [9.17, 15) is 13.2 Å². The standard InChI is InChI=1S/C18H18N2O4S/c1-12-7-3-6-10-17(12)25(22,23)20-13(2)18(21)24-16-11-19-15-9-5-4-8-14(15)16/h3-11,13,19-20H,1-2H3/t13-/m0/s1. The molecular weight excluding hydrogens is 340 g/mol. The summed E-state index contributed by atoms with van der Waals surface area (Å²) >= 11 is 0. The van der Waals surface area contributed by atoms with Gasteiger partial charge in [-0.2, -0.15) is 4.72 Å². The summed E-state index contributed by atoms with van der Waals surface area (Å²) < 4.78 is 32.6. The lowest BCUT2D eigenvalue weighted by Crippen LogP contribution is -2.40. The number of aryl methyl sites for hydroxylation is 1. The number of aromatic nitrogens is 1. The van der Waals surface area contributed by atoms with E-state index >= 15 is 0 Å². The molecule has 0 saturated heterocycles. The number of H-pyrrole nitrogens is 1. The summed E-state index contributed by atoms with van der Waals surface area (Å²) in [6, 6.07) is 12.9. The lowest BCUT2D eigenvalue weighted by molar-refractivity contribution is -0.135. The number of rotatable bonds is 5. The molecule has 3 rings (SSSR count). The fourth-order valence-corrected chi connectivity index (χ4v) is 3.97. The Bertz CT molecular complexity index is 1020. The highest BCUT2D eigenvalue weighted by molar-refractivity contribution is 7.89. The van der Waals surface area contributed by atoms with Gasteiger partial charge in [0.05, 0.1) is 4.90 Å². The monoisotopic (exact) mass is 358 g/mol. The highest BCUT2D eigenvalue weighted by Crippen LogP contribution is 2.25.